The first-order valence-corrected chi connectivity index (χ1v) is 2.86. The lowest BCUT2D eigenvalue weighted by Crippen LogP contribution is -2.43. The second-order valence-corrected chi connectivity index (χ2v) is 2.44. The van der Waals surface area contributed by atoms with E-state index < -0.39 is 0 Å². The molecule has 0 N–H and O–H groups in total. The maximum absolute atomic E-state index is 10.5. The van der Waals surface area contributed by atoms with Gasteiger partial charge in [0.15, 0.2) is 5.78 Å². The van der Waals surface area contributed by atoms with Crippen molar-refractivity contribution in [1.29, 1.82) is 0 Å². The predicted molar refractivity (Wildman–Crippen MR) is 29.6 cm³/mol. The molecular formula is C6H10O2. The van der Waals surface area contributed by atoms with Crippen LogP contribution in [0, 0.1) is 5.92 Å². The van der Waals surface area contributed by atoms with Crippen LogP contribution in [0.5, 0.6) is 0 Å². The first-order valence-electron chi connectivity index (χ1n) is 2.86. The molecule has 0 amide bonds. The number of carbonyl (C=O) groups is 1. The van der Waals surface area contributed by atoms with E-state index in [0.29, 0.717) is 12.5 Å². The monoisotopic (exact) mass is 114 g/mol. The molecule has 1 aliphatic heterocycles. The van der Waals surface area contributed by atoms with E-state index in [0.717, 1.165) is 0 Å². The Hall–Kier alpha value is -0.370. The minimum absolute atomic E-state index is 0.0880. The predicted octanol–water partition coefficient (Wildman–Crippen LogP) is 0.610. The highest BCUT2D eigenvalue weighted by molar-refractivity contribution is 5.88. The van der Waals surface area contributed by atoms with Gasteiger partial charge in [-0.2, -0.15) is 0 Å². The van der Waals surface area contributed by atoms with Crippen LogP contribution in [0.1, 0.15) is 13.8 Å². The highest BCUT2D eigenvalue weighted by Crippen LogP contribution is 2.15. The summed E-state index contributed by atoms with van der Waals surface area (Å²) in [4.78, 5) is 10.5. The van der Waals surface area contributed by atoms with Gasteiger partial charge < -0.3 is 4.74 Å². The molecule has 0 aliphatic carbocycles. The van der Waals surface area contributed by atoms with Gasteiger partial charge in [0.05, 0.1) is 0 Å². The number of hydrogen-bond acceptors (Lipinski definition) is 2. The molecule has 0 spiro atoms. The molecule has 2 heteroatoms. The average molecular weight is 114 g/mol. The molecule has 0 radical (unpaired) electrons. The Labute approximate surface area is 48.8 Å². The van der Waals surface area contributed by atoms with E-state index in [9.17, 15) is 4.79 Å². The molecule has 1 heterocycles. The first kappa shape index (κ1) is 5.76. The van der Waals surface area contributed by atoms with Gasteiger partial charge in [-0.25, -0.2) is 0 Å². The van der Waals surface area contributed by atoms with Gasteiger partial charge in [0, 0.05) is 0 Å². The van der Waals surface area contributed by atoms with Gasteiger partial charge in [-0.3, -0.25) is 4.79 Å². The topological polar surface area (TPSA) is 26.3 Å². The van der Waals surface area contributed by atoms with Crippen molar-refractivity contribution in [1.82, 2.24) is 0 Å². The number of ketones is 1. The van der Waals surface area contributed by atoms with Gasteiger partial charge >= 0.3 is 0 Å². The van der Waals surface area contributed by atoms with Crippen LogP contribution in [-0.2, 0) is 9.53 Å². The van der Waals surface area contributed by atoms with Crippen LogP contribution in [0.15, 0.2) is 0 Å². The Balaban J connectivity index is 2.37. The highest BCUT2D eigenvalue weighted by atomic mass is 16.5. The molecule has 0 aromatic heterocycles. The maximum atomic E-state index is 10.5. The molecule has 8 heavy (non-hydrogen) atoms. The number of ether oxygens (including phenoxy) is 1. The Kier molecular flexibility index (Phi) is 1.34. The highest BCUT2D eigenvalue weighted by Gasteiger charge is 2.31. The van der Waals surface area contributed by atoms with Crippen molar-refractivity contribution in [3.63, 3.8) is 0 Å². The fraction of sp³-hybridized carbons (Fsp3) is 0.833. The van der Waals surface area contributed by atoms with Crippen molar-refractivity contribution in [2.75, 3.05) is 6.61 Å². The smallest absolute Gasteiger partial charge is 0.187 e. The van der Waals surface area contributed by atoms with Crippen molar-refractivity contribution in [2.45, 2.75) is 20.0 Å². The van der Waals surface area contributed by atoms with Crippen molar-refractivity contribution in [3.8, 4) is 0 Å². The fourth-order valence-electron chi connectivity index (χ4n) is 0.812. The molecule has 0 unspecified atom stereocenters. The van der Waals surface area contributed by atoms with E-state index in [-0.39, 0.29) is 11.9 Å². The van der Waals surface area contributed by atoms with Gasteiger partial charge in [0.2, 0.25) is 0 Å². The summed E-state index contributed by atoms with van der Waals surface area (Å²) < 4.78 is 4.95. The minimum atomic E-state index is -0.0880. The van der Waals surface area contributed by atoms with E-state index in [1.54, 1.807) is 0 Å². The van der Waals surface area contributed by atoms with Crippen LogP contribution in [0.2, 0.25) is 0 Å². The Morgan fingerprint density at radius 1 is 1.75 bits per heavy atom. The molecule has 0 aromatic carbocycles. The lowest BCUT2D eigenvalue weighted by Gasteiger charge is -2.27. The van der Waals surface area contributed by atoms with Gasteiger partial charge in [-0.15, -0.1) is 0 Å². The van der Waals surface area contributed by atoms with Crippen LogP contribution in [-0.4, -0.2) is 18.5 Å². The van der Waals surface area contributed by atoms with Crippen LogP contribution in [0.3, 0.4) is 0 Å². The second-order valence-electron chi connectivity index (χ2n) is 2.44. The van der Waals surface area contributed by atoms with E-state index in [1.807, 2.05) is 13.8 Å². The molecular weight excluding hydrogens is 104 g/mol. The summed E-state index contributed by atoms with van der Waals surface area (Å²) in [6, 6.07) is 0. The summed E-state index contributed by atoms with van der Waals surface area (Å²) in [5.41, 5.74) is 0. The molecule has 0 aromatic rings. The van der Waals surface area contributed by atoms with Crippen LogP contribution in [0.4, 0.5) is 0 Å². The Bertz CT molecular complexity index is 107. The van der Waals surface area contributed by atoms with Crippen molar-refractivity contribution in [3.05, 3.63) is 0 Å². The summed E-state index contributed by atoms with van der Waals surface area (Å²) in [6.07, 6.45) is -0.0880. The number of rotatable bonds is 1. The maximum Gasteiger partial charge on any atom is 0.187 e. The third-order valence-electron chi connectivity index (χ3n) is 1.33. The molecule has 1 aliphatic rings. The van der Waals surface area contributed by atoms with E-state index >= 15 is 0 Å². The summed E-state index contributed by atoms with van der Waals surface area (Å²) >= 11 is 0. The summed E-state index contributed by atoms with van der Waals surface area (Å²) in [5.74, 6) is 0.608. The first-order chi connectivity index (χ1) is 3.72. The molecule has 0 bridgehead atoms. The largest absolute Gasteiger partial charge is 0.362 e. The van der Waals surface area contributed by atoms with Crippen molar-refractivity contribution in [2.24, 2.45) is 5.92 Å². The number of carbonyl (C=O) groups excluding carboxylic acids is 1. The summed E-state index contributed by atoms with van der Waals surface area (Å²) in [5, 5.41) is 0. The van der Waals surface area contributed by atoms with Gasteiger partial charge in [-0.05, 0) is 5.92 Å². The van der Waals surface area contributed by atoms with Crippen LogP contribution >= 0.6 is 0 Å². The molecule has 2 nitrogen and oxygen atoms in total. The normalized spacial score (nSPS) is 28.4. The standard InChI is InChI=1S/C6H10O2/c1-4(2)6-5(7)3-8-6/h4,6H,3H2,1-2H3/t6-/m1/s1. The molecule has 46 valence electrons. The molecule has 1 fully saturated rings. The second kappa shape index (κ2) is 1.86. The molecule has 1 atom stereocenters. The van der Waals surface area contributed by atoms with E-state index in [1.165, 1.54) is 0 Å². The Morgan fingerprint density at radius 2 is 2.38 bits per heavy atom. The fourth-order valence-corrected chi connectivity index (χ4v) is 0.812. The zero-order valence-corrected chi connectivity index (χ0v) is 5.18. The molecule has 0 saturated carbocycles. The van der Waals surface area contributed by atoms with Crippen LogP contribution < -0.4 is 0 Å². The zero-order chi connectivity index (χ0) is 6.15. The summed E-state index contributed by atoms with van der Waals surface area (Å²) in [7, 11) is 0. The van der Waals surface area contributed by atoms with E-state index in [4.69, 9.17) is 4.74 Å². The average Bonchev–Trinajstić information content (AvgIpc) is 1.61. The zero-order valence-electron chi connectivity index (χ0n) is 5.18. The quantitative estimate of drug-likeness (QED) is 0.499. The van der Waals surface area contributed by atoms with Gasteiger partial charge in [-0.1, -0.05) is 13.8 Å². The van der Waals surface area contributed by atoms with Crippen molar-refractivity contribution >= 4 is 5.78 Å². The Morgan fingerprint density at radius 3 is 2.38 bits per heavy atom. The van der Waals surface area contributed by atoms with Gasteiger partial charge in [0.25, 0.3) is 0 Å². The lowest BCUT2D eigenvalue weighted by molar-refractivity contribution is -0.159. The number of hydrogen-bond donors (Lipinski definition) is 0. The van der Waals surface area contributed by atoms with E-state index in [2.05, 4.69) is 0 Å². The lowest BCUT2D eigenvalue weighted by atomic mass is 10.00. The SMILES string of the molecule is CC(C)[C@H]1OCC1=O. The third-order valence-corrected chi connectivity index (χ3v) is 1.33. The van der Waals surface area contributed by atoms with Crippen molar-refractivity contribution < 1.29 is 9.53 Å². The molecule has 1 rings (SSSR count). The minimum Gasteiger partial charge on any atom is -0.362 e. The number of Topliss-reactive ketones (excluding diaryl/α,β-unsaturated/α-hetero) is 1. The molecule has 1 saturated heterocycles. The van der Waals surface area contributed by atoms with Crippen LogP contribution in [0.25, 0.3) is 0 Å². The van der Waals surface area contributed by atoms with Gasteiger partial charge in [0.1, 0.15) is 12.7 Å². The third kappa shape index (κ3) is 0.757. The summed E-state index contributed by atoms with van der Waals surface area (Å²) in [6.45, 7) is 4.31.